The molecular formula is C9H13Cl2NPd. The van der Waals surface area contributed by atoms with Crippen LogP contribution in [0.3, 0.4) is 0 Å². The predicted molar refractivity (Wildman–Crippen MR) is 55.5 cm³/mol. The Kier molecular flexibility index (Phi) is 9.29. The molecule has 0 N–H and O–H groups in total. The van der Waals surface area contributed by atoms with Crippen molar-refractivity contribution in [2.75, 3.05) is 14.1 Å². The van der Waals surface area contributed by atoms with Gasteiger partial charge >= 0.3 is 35.0 Å². The van der Waals surface area contributed by atoms with Crippen LogP contribution in [0.5, 0.6) is 0 Å². The van der Waals surface area contributed by atoms with Gasteiger partial charge < -0.3 is 4.90 Å². The maximum atomic E-state index is 4.81. The van der Waals surface area contributed by atoms with Crippen molar-refractivity contribution < 1.29 is 15.9 Å². The Morgan fingerprint density at radius 2 is 1.62 bits per heavy atom. The topological polar surface area (TPSA) is 3.24 Å². The van der Waals surface area contributed by atoms with Gasteiger partial charge in [-0.2, -0.15) is 0 Å². The molecule has 0 aromatic heterocycles. The molecule has 0 amide bonds. The van der Waals surface area contributed by atoms with Gasteiger partial charge in [0.1, 0.15) is 0 Å². The van der Waals surface area contributed by atoms with Gasteiger partial charge in [0.25, 0.3) is 0 Å². The van der Waals surface area contributed by atoms with Gasteiger partial charge in [-0.05, 0) is 19.7 Å². The number of benzene rings is 1. The van der Waals surface area contributed by atoms with Crippen LogP contribution in [0.2, 0.25) is 0 Å². The molecule has 78 valence electrons. The zero-order chi connectivity index (χ0) is 10.1. The fourth-order valence-electron chi connectivity index (χ4n) is 0.949. The maximum absolute atomic E-state index is 4.81. The first-order valence-corrected chi connectivity index (χ1v) is 7.72. The molecular weight excluding hydrogens is 299 g/mol. The summed E-state index contributed by atoms with van der Waals surface area (Å²) in [5.74, 6) is 0. The van der Waals surface area contributed by atoms with Gasteiger partial charge in [-0.1, -0.05) is 30.3 Å². The number of rotatable bonds is 2. The van der Waals surface area contributed by atoms with Crippen molar-refractivity contribution in [2.24, 2.45) is 0 Å². The van der Waals surface area contributed by atoms with Crippen LogP contribution in [0.15, 0.2) is 30.3 Å². The van der Waals surface area contributed by atoms with Gasteiger partial charge in [0.05, 0.1) is 0 Å². The van der Waals surface area contributed by atoms with Crippen LogP contribution >= 0.6 is 19.1 Å². The van der Waals surface area contributed by atoms with E-state index in [1.54, 1.807) is 0 Å². The molecule has 1 nitrogen and oxygen atoms in total. The fourth-order valence-corrected chi connectivity index (χ4v) is 0.949. The average molecular weight is 313 g/mol. The summed E-state index contributed by atoms with van der Waals surface area (Å²) in [5, 5.41) is 0. The van der Waals surface area contributed by atoms with E-state index in [9.17, 15) is 0 Å². The molecule has 1 rings (SSSR count). The molecule has 0 heterocycles. The third-order valence-electron chi connectivity index (χ3n) is 1.34. The van der Waals surface area contributed by atoms with Crippen LogP contribution in [0.1, 0.15) is 5.56 Å². The number of hydrogen-bond donors (Lipinski definition) is 0. The monoisotopic (exact) mass is 311 g/mol. The molecule has 0 unspecified atom stereocenters. The molecule has 1 aromatic rings. The molecule has 0 spiro atoms. The van der Waals surface area contributed by atoms with Gasteiger partial charge in [0.15, 0.2) is 0 Å². The Hall–Kier alpha value is 0.422. The van der Waals surface area contributed by atoms with E-state index >= 15 is 0 Å². The quantitative estimate of drug-likeness (QED) is 0.759. The van der Waals surface area contributed by atoms with Crippen LogP contribution in [-0.2, 0) is 22.5 Å². The molecule has 0 aliphatic rings. The molecule has 13 heavy (non-hydrogen) atoms. The number of hydrogen-bond acceptors (Lipinski definition) is 1. The average Bonchev–Trinajstić information content (AvgIpc) is 2.06. The summed E-state index contributed by atoms with van der Waals surface area (Å²) in [5.41, 5.74) is 1.37. The van der Waals surface area contributed by atoms with Crippen LogP contribution < -0.4 is 0 Å². The van der Waals surface area contributed by atoms with E-state index in [0.29, 0.717) is 0 Å². The van der Waals surface area contributed by atoms with Gasteiger partial charge in [-0.15, -0.1) is 0 Å². The second-order valence-corrected chi connectivity index (χ2v) is 5.13. The Balaban J connectivity index is 0.000000424. The predicted octanol–water partition coefficient (Wildman–Crippen LogP) is 3.12. The van der Waals surface area contributed by atoms with E-state index in [1.165, 1.54) is 5.56 Å². The molecule has 0 saturated heterocycles. The molecule has 1 aromatic carbocycles. The summed E-state index contributed by atoms with van der Waals surface area (Å²) >= 11 is -0.106. The summed E-state index contributed by atoms with van der Waals surface area (Å²) < 4.78 is 0. The fraction of sp³-hybridized carbons (Fsp3) is 0.333. The molecule has 0 aliphatic heterocycles. The minimum atomic E-state index is -0.106. The first-order valence-electron chi connectivity index (χ1n) is 3.71. The molecule has 0 atom stereocenters. The Bertz CT molecular complexity index is 204. The van der Waals surface area contributed by atoms with Crippen LogP contribution in [0.4, 0.5) is 0 Å². The van der Waals surface area contributed by atoms with Gasteiger partial charge in [0, 0.05) is 6.54 Å². The van der Waals surface area contributed by atoms with Gasteiger partial charge in [0.2, 0.25) is 0 Å². The summed E-state index contributed by atoms with van der Waals surface area (Å²) in [7, 11) is 13.8. The van der Waals surface area contributed by atoms with Crippen molar-refractivity contribution in [2.45, 2.75) is 6.54 Å². The van der Waals surface area contributed by atoms with E-state index < -0.39 is 0 Å². The molecule has 0 aliphatic carbocycles. The van der Waals surface area contributed by atoms with E-state index in [-0.39, 0.29) is 15.9 Å². The summed E-state index contributed by atoms with van der Waals surface area (Å²) in [4.78, 5) is 2.16. The standard InChI is InChI=1S/C9H13N.2ClH.Pd/c1-10(2)8-9-6-4-3-5-7-9;;;/h3-7H,8H2,1-2H3;2*1H;/q;;;+2/p-2. The van der Waals surface area contributed by atoms with Gasteiger partial charge in [-0.3, -0.25) is 0 Å². The van der Waals surface area contributed by atoms with Crippen molar-refractivity contribution in [1.82, 2.24) is 4.90 Å². The van der Waals surface area contributed by atoms with Crippen molar-refractivity contribution in [3.05, 3.63) is 35.9 Å². The third kappa shape index (κ3) is 8.74. The Morgan fingerprint density at radius 3 is 2.00 bits per heavy atom. The first-order chi connectivity index (χ1) is 6.20. The van der Waals surface area contributed by atoms with Crippen molar-refractivity contribution in [3.8, 4) is 0 Å². The van der Waals surface area contributed by atoms with Crippen LogP contribution in [-0.4, -0.2) is 19.0 Å². The van der Waals surface area contributed by atoms with E-state index in [0.717, 1.165) is 6.54 Å². The van der Waals surface area contributed by atoms with Crippen molar-refractivity contribution in [3.63, 3.8) is 0 Å². The Labute approximate surface area is 96.1 Å². The third-order valence-corrected chi connectivity index (χ3v) is 1.34. The number of nitrogens with zero attached hydrogens (tertiary/aromatic N) is 1. The minimum absolute atomic E-state index is 0.106. The second kappa shape index (κ2) is 9.00. The SMILES string of the molecule is CN(C)Cc1ccccc1.[Cl][Pd][Cl]. The van der Waals surface area contributed by atoms with Crippen LogP contribution in [0.25, 0.3) is 0 Å². The molecule has 4 heteroatoms. The van der Waals surface area contributed by atoms with Crippen molar-refractivity contribution in [1.29, 1.82) is 0 Å². The molecule has 0 radical (unpaired) electrons. The van der Waals surface area contributed by atoms with Crippen LogP contribution in [0, 0.1) is 0 Å². The molecule has 0 bridgehead atoms. The normalized spacial score (nSPS) is 9.62. The summed E-state index contributed by atoms with van der Waals surface area (Å²) in [6.07, 6.45) is 0. The van der Waals surface area contributed by atoms with E-state index in [4.69, 9.17) is 19.1 Å². The molecule has 0 saturated carbocycles. The Morgan fingerprint density at radius 1 is 1.15 bits per heavy atom. The summed E-state index contributed by atoms with van der Waals surface area (Å²) in [6, 6.07) is 10.5. The first kappa shape index (κ1) is 13.4. The van der Waals surface area contributed by atoms with E-state index in [1.807, 2.05) is 6.07 Å². The second-order valence-electron chi connectivity index (χ2n) is 2.77. The molecule has 0 fully saturated rings. The summed E-state index contributed by atoms with van der Waals surface area (Å²) in [6.45, 7) is 1.03. The van der Waals surface area contributed by atoms with Gasteiger partial charge in [-0.25, -0.2) is 0 Å². The zero-order valence-corrected chi connectivity index (χ0v) is 10.7. The van der Waals surface area contributed by atoms with E-state index in [2.05, 4.69) is 43.3 Å². The van der Waals surface area contributed by atoms with Crippen molar-refractivity contribution >= 4 is 19.1 Å². The number of halogens is 2. The zero-order valence-electron chi connectivity index (χ0n) is 7.61.